The van der Waals surface area contributed by atoms with E-state index in [0.29, 0.717) is 0 Å². The number of hydrogen-bond acceptors (Lipinski definition) is 0. The van der Waals surface area contributed by atoms with E-state index in [1.165, 1.54) is 33.4 Å². The molecule has 0 bridgehead atoms. The minimum atomic E-state index is 0.147. The molecule has 22 heavy (non-hydrogen) atoms. The number of benzene rings is 2. The second-order valence-corrected chi connectivity index (χ2v) is 8.58. The van der Waals surface area contributed by atoms with Crippen molar-refractivity contribution < 1.29 is 0 Å². The summed E-state index contributed by atoms with van der Waals surface area (Å²) in [5.74, 6) is 0. The van der Waals surface area contributed by atoms with Crippen LogP contribution >= 0.6 is 0 Å². The lowest BCUT2D eigenvalue weighted by Gasteiger charge is -2.26. The highest BCUT2D eigenvalue weighted by molar-refractivity contribution is 5.70. The molecule has 0 heterocycles. The first-order chi connectivity index (χ1) is 10.00. The van der Waals surface area contributed by atoms with Gasteiger partial charge in [-0.3, -0.25) is 0 Å². The molecule has 0 fully saturated rings. The lowest BCUT2D eigenvalue weighted by molar-refractivity contribution is 0.585. The highest BCUT2D eigenvalue weighted by atomic mass is 14.3. The van der Waals surface area contributed by atoms with Crippen molar-refractivity contribution >= 4 is 0 Å². The van der Waals surface area contributed by atoms with Gasteiger partial charge in [0.2, 0.25) is 0 Å². The molecule has 0 aliphatic carbocycles. The molecule has 0 saturated carbocycles. The first-order valence-electron chi connectivity index (χ1n) is 8.23. The Labute approximate surface area is 136 Å². The van der Waals surface area contributed by atoms with Crippen molar-refractivity contribution in [2.45, 2.75) is 66.2 Å². The third kappa shape index (κ3) is 3.43. The van der Waals surface area contributed by atoms with Crippen LogP contribution in [0.3, 0.4) is 0 Å². The lowest BCUT2D eigenvalue weighted by atomic mass is 9.78. The molecule has 2 rings (SSSR count). The highest BCUT2D eigenvalue weighted by Crippen LogP contribution is 2.36. The predicted molar refractivity (Wildman–Crippen MR) is 98.8 cm³/mol. The van der Waals surface area contributed by atoms with Gasteiger partial charge in [-0.2, -0.15) is 0 Å². The molecule has 0 radical (unpaired) electrons. The van der Waals surface area contributed by atoms with Crippen LogP contribution in [0.5, 0.6) is 0 Å². The minimum Gasteiger partial charge on any atom is -0.0587 e. The van der Waals surface area contributed by atoms with E-state index in [1.807, 2.05) is 0 Å². The third-order valence-electron chi connectivity index (χ3n) is 4.34. The van der Waals surface area contributed by atoms with Crippen molar-refractivity contribution in [3.8, 4) is 11.1 Å². The Morgan fingerprint density at radius 1 is 0.636 bits per heavy atom. The van der Waals surface area contributed by atoms with E-state index in [1.54, 1.807) is 0 Å². The van der Waals surface area contributed by atoms with Crippen LogP contribution in [0.4, 0.5) is 0 Å². The fraction of sp³-hybridized carbons (Fsp3) is 0.455. The van der Waals surface area contributed by atoms with Gasteiger partial charge in [-0.15, -0.1) is 0 Å². The zero-order valence-corrected chi connectivity index (χ0v) is 15.5. The second kappa shape index (κ2) is 5.57. The van der Waals surface area contributed by atoms with Crippen LogP contribution in [0.2, 0.25) is 0 Å². The Bertz CT molecular complexity index is 676. The maximum absolute atomic E-state index is 2.38. The average Bonchev–Trinajstić information content (AvgIpc) is 2.37. The van der Waals surface area contributed by atoms with Gasteiger partial charge in [0.15, 0.2) is 0 Å². The normalized spacial score (nSPS) is 12.5. The quantitative estimate of drug-likeness (QED) is 0.558. The molecule has 0 unspecified atom stereocenters. The van der Waals surface area contributed by atoms with Crippen molar-refractivity contribution in [2.75, 3.05) is 0 Å². The summed E-state index contributed by atoms with van der Waals surface area (Å²) < 4.78 is 0. The maximum Gasteiger partial charge on any atom is -0.0126 e. The van der Waals surface area contributed by atoms with E-state index in [9.17, 15) is 0 Å². The van der Waals surface area contributed by atoms with E-state index in [0.717, 1.165) is 0 Å². The summed E-state index contributed by atoms with van der Waals surface area (Å²) >= 11 is 0. The van der Waals surface area contributed by atoms with Gasteiger partial charge in [0.25, 0.3) is 0 Å². The Kier molecular flexibility index (Phi) is 4.26. The molecule has 2 aromatic carbocycles. The van der Waals surface area contributed by atoms with Gasteiger partial charge in [-0.05, 0) is 52.5 Å². The van der Waals surface area contributed by atoms with Crippen LogP contribution < -0.4 is 0 Å². The highest BCUT2D eigenvalue weighted by Gasteiger charge is 2.21. The molecule has 0 aliphatic rings. The van der Waals surface area contributed by atoms with Gasteiger partial charge in [0, 0.05) is 0 Å². The summed E-state index contributed by atoms with van der Waals surface area (Å²) in [7, 11) is 0. The standard InChI is InChI=1S/C22H30/c1-15-9-12-18(20(13-15)22(6,7)8)17-11-10-16(2)19(14-17)21(3,4)5/h9-14H,1-8H3. The van der Waals surface area contributed by atoms with E-state index in [-0.39, 0.29) is 10.8 Å². The molecule has 2 aromatic rings. The largest absolute Gasteiger partial charge is 0.0587 e. The Morgan fingerprint density at radius 2 is 1.23 bits per heavy atom. The van der Waals surface area contributed by atoms with Gasteiger partial charge < -0.3 is 0 Å². The molecule has 0 aromatic heterocycles. The lowest BCUT2D eigenvalue weighted by Crippen LogP contribution is -2.15. The smallest absolute Gasteiger partial charge is 0.0126 e. The monoisotopic (exact) mass is 294 g/mol. The van der Waals surface area contributed by atoms with Crippen LogP contribution in [0.25, 0.3) is 11.1 Å². The number of rotatable bonds is 1. The zero-order valence-electron chi connectivity index (χ0n) is 15.5. The van der Waals surface area contributed by atoms with Crippen molar-refractivity contribution in [3.05, 3.63) is 58.7 Å². The van der Waals surface area contributed by atoms with Gasteiger partial charge in [-0.1, -0.05) is 83.5 Å². The van der Waals surface area contributed by atoms with Gasteiger partial charge in [0.1, 0.15) is 0 Å². The molecule has 0 nitrogen and oxygen atoms in total. The molecule has 0 N–H and O–H groups in total. The van der Waals surface area contributed by atoms with Crippen molar-refractivity contribution in [2.24, 2.45) is 0 Å². The fourth-order valence-corrected chi connectivity index (χ4v) is 3.13. The molecule has 0 spiro atoms. The fourth-order valence-electron chi connectivity index (χ4n) is 3.13. The van der Waals surface area contributed by atoms with E-state index in [2.05, 4.69) is 91.8 Å². The topological polar surface area (TPSA) is 0 Å². The van der Waals surface area contributed by atoms with Crippen LogP contribution in [0, 0.1) is 13.8 Å². The molecule has 0 saturated heterocycles. The van der Waals surface area contributed by atoms with Crippen LogP contribution in [-0.2, 0) is 10.8 Å². The zero-order chi connectivity index (χ0) is 16.7. The number of aryl methyl sites for hydroxylation is 2. The summed E-state index contributed by atoms with van der Waals surface area (Å²) in [5, 5.41) is 0. The minimum absolute atomic E-state index is 0.147. The number of hydrogen-bond donors (Lipinski definition) is 0. The van der Waals surface area contributed by atoms with Gasteiger partial charge in [0.05, 0.1) is 0 Å². The molecule has 0 amide bonds. The van der Waals surface area contributed by atoms with Gasteiger partial charge in [-0.25, -0.2) is 0 Å². The predicted octanol–water partition coefficient (Wildman–Crippen LogP) is 6.57. The Hall–Kier alpha value is -1.56. The van der Waals surface area contributed by atoms with E-state index >= 15 is 0 Å². The van der Waals surface area contributed by atoms with Gasteiger partial charge >= 0.3 is 0 Å². The molecular formula is C22H30. The Morgan fingerprint density at radius 3 is 1.77 bits per heavy atom. The van der Waals surface area contributed by atoms with E-state index < -0.39 is 0 Å². The summed E-state index contributed by atoms with van der Waals surface area (Å²) in [4.78, 5) is 0. The molecule has 0 heteroatoms. The maximum atomic E-state index is 2.38. The summed E-state index contributed by atoms with van der Waals surface area (Å²) in [5.41, 5.74) is 8.59. The molecule has 118 valence electrons. The third-order valence-corrected chi connectivity index (χ3v) is 4.34. The second-order valence-electron chi connectivity index (χ2n) is 8.58. The first kappa shape index (κ1) is 16.8. The molecule has 0 atom stereocenters. The molecule has 0 aliphatic heterocycles. The van der Waals surface area contributed by atoms with Crippen LogP contribution in [0.15, 0.2) is 36.4 Å². The Balaban J connectivity index is 2.68. The van der Waals surface area contributed by atoms with Crippen molar-refractivity contribution in [3.63, 3.8) is 0 Å². The van der Waals surface area contributed by atoms with Crippen LogP contribution in [-0.4, -0.2) is 0 Å². The van der Waals surface area contributed by atoms with Crippen molar-refractivity contribution in [1.29, 1.82) is 0 Å². The van der Waals surface area contributed by atoms with Crippen molar-refractivity contribution in [1.82, 2.24) is 0 Å². The summed E-state index contributed by atoms with van der Waals surface area (Å²) in [6.45, 7) is 18.1. The van der Waals surface area contributed by atoms with E-state index in [4.69, 9.17) is 0 Å². The van der Waals surface area contributed by atoms with Crippen LogP contribution in [0.1, 0.15) is 63.8 Å². The SMILES string of the molecule is Cc1ccc(-c2ccc(C)c(C(C)(C)C)c2)c(C(C)(C)C)c1. The molecular weight excluding hydrogens is 264 g/mol. The average molecular weight is 294 g/mol. The first-order valence-corrected chi connectivity index (χ1v) is 8.23. The summed E-state index contributed by atoms with van der Waals surface area (Å²) in [6, 6.07) is 13.8. The summed E-state index contributed by atoms with van der Waals surface area (Å²) in [6.07, 6.45) is 0.